The van der Waals surface area contributed by atoms with E-state index in [1.807, 2.05) is 0 Å². The van der Waals surface area contributed by atoms with Crippen LogP contribution in [-0.4, -0.2) is 12.6 Å². The number of hydrogen-bond donors (Lipinski definition) is 0. The molecule has 0 rings (SSSR count). The average molecular weight is 621 g/mol. The van der Waals surface area contributed by atoms with Gasteiger partial charge in [-0.05, 0) is 12.8 Å². The van der Waals surface area contributed by atoms with Gasteiger partial charge in [-0.25, -0.2) is 0 Å². The van der Waals surface area contributed by atoms with E-state index < -0.39 is 0 Å². The maximum Gasteiger partial charge on any atom is 0.305 e. The van der Waals surface area contributed by atoms with Gasteiger partial charge in [0.1, 0.15) is 0 Å². The van der Waals surface area contributed by atoms with E-state index in [-0.39, 0.29) is 5.97 Å². The summed E-state index contributed by atoms with van der Waals surface area (Å²) in [4.78, 5) is 11.9. The molecule has 0 N–H and O–H groups in total. The van der Waals surface area contributed by atoms with E-state index in [1.165, 1.54) is 225 Å². The van der Waals surface area contributed by atoms with Crippen molar-refractivity contribution in [2.75, 3.05) is 6.61 Å². The minimum atomic E-state index is 0.0291. The highest BCUT2D eigenvalue weighted by atomic mass is 16.5. The van der Waals surface area contributed by atoms with Gasteiger partial charge in [-0.15, -0.1) is 0 Å². The summed E-state index contributed by atoms with van der Waals surface area (Å²) in [7, 11) is 0. The summed E-state index contributed by atoms with van der Waals surface area (Å²) in [5, 5.41) is 0. The van der Waals surface area contributed by atoms with Gasteiger partial charge < -0.3 is 4.74 Å². The summed E-state index contributed by atoms with van der Waals surface area (Å²) < 4.78 is 5.44. The maximum absolute atomic E-state index is 11.9. The van der Waals surface area contributed by atoms with Crippen LogP contribution in [0.25, 0.3) is 0 Å². The Morgan fingerprint density at radius 2 is 0.500 bits per heavy atom. The topological polar surface area (TPSA) is 26.3 Å². The second-order valence-corrected chi connectivity index (χ2v) is 14.3. The minimum Gasteiger partial charge on any atom is -0.466 e. The van der Waals surface area contributed by atoms with Crippen LogP contribution in [0.15, 0.2) is 0 Å². The van der Waals surface area contributed by atoms with Gasteiger partial charge in [-0.1, -0.05) is 239 Å². The van der Waals surface area contributed by atoms with E-state index in [0.717, 1.165) is 12.8 Å². The third-order valence-electron chi connectivity index (χ3n) is 9.75. The molecular formula is C42H84O2. The van der Waals surface area contributed by atoms with Crippen LogP contribution in [0.4, 0.5) is 0 Å². The molecule has 0 bridgehead atoms. The smallest absolute Gasteiger partial charge is 0.305 e. The Morgan fingerprint density at radius 1 is 0.295 bits per heavy atom. The molecule has 0 saturated carbocycles. The molecule has 264 valence electrons. The predicted molar refractivity (Wildman–Crippen MR) is 198 cm³/mol. The molecule has 0 radical (unpaired) electrons. The first kappa shape index (κ1) is 43.5. The van der Waals surface area contributed by atoms with E-state index in [2.05, 4.69) is 13.8 Å². The number of esters is 1. The number of ether oxygens (including phenoxy) is 1. The van der Waals surface area contributed by atoms with Crippen molar-refractivity contribution >= 4 is 5.97 Å². The minimum absolute atomic E-state index is 0.0291. The van der Waals surface area contributed by atoms with Crippen LogP contribution < -0.4 is 0 Å². The van der Waals surface area contributed by atoms with Crippen LogP contribution >= 0.6 is 0 Å². The van der Waals surface area contributed by atoms with Crippen LogP contribution in [0.5, 0.6) is 0 Å². The lowest BCUT2D eigenvalue weighted by Crippen LogP contribution is -2.05. The molecule has 0 aromatic carbocycles. The Labute approximate surface area is 279 Å². The van der Waals surface area contributed by atoms with E-state index in [9.17, 15) is 4.79 Å². The Balaban J connectivity index is 3.12. The zero-order valence-electron chi connectivity index (χ0n) is 30.9. The van der Waals surface area contributed by atoms with E-state index in [0.29, 0.717) is 13.0 Å². The molecule has 0 heterocycles. The maximum atomic E-state index is 11.9. The second-order valence-electron chi connectivity index (χ2n) is 14.3. The summed E-state index contributed by atoms with van der Waals surface area (Å²) in [6.45, 7) is 5.22. The molecular weight excluding hydrogens is 536 g/mol. The molecule has 44 heavy (non-hydrogen) atoms. The Hall–Kier alpha value is -0.530. The molecule has 2 heteroatoms. The van der Waals surface area contributed by atoms with Crippen LogP contribution in [0, 0.1) is 0 Å². The molecule has 0 aromatic rings. The zero-order valence-corrected chi connectivity index (χ0v) is 30.9. The highest BCUT2D eigenvalue weighted by molar-refractivity contribution is 5.69. The molecule has 0 spiro atoms. The first-order valence-electron chi connectivity index (χ1n) is 21.0. The number of unbranched alkanes of at least 4 members (excludes halogenated alkanes) is 35. The van der Waals surface area contributed by atoms with Gasteiger partial charge in [0, 0.05) is 6.42 Å². The first-order chi connectivity index (χ1) is 21.8. The van der Waals surface area contributed by atoms with Crippen molar-refractivity contribution in [3.05, 3.63) is 0 Å². The number of hydrogen-bond acceptors (Lipinski definition) is 2. The van der Waals surface area contributed by atoms with Crippen LogP contribution in [-0.2, 0) is 9.53 Å². The lowest BCUT2D eigenvalue weighted by molar-refractivity contribution is -0.143. The third-order valence-corrected chi connectivity index (χ3v) is 9.75. The molecule has 0 aliphatic heterocycles. The van der Waals surface area contributed by atoms with Gasteiger partial charge in [0.15, 0.2) is 0 Å². The zero-order chi connectivity index (χ0) is 31.9. The largest absolute Gasteiger partial charge is 0.466 e. The standard InChI is InChI=1S/C42H84O2/c1-3-5-7-9-11-13-15-16-17-18-19-20-21-22-23-24-25-26-27-28-29-30-32-34-36-38-40-42(43)44-41-39-37-35-33-31-14-12-10-8-6-4-2/h3-41H2,1-2H3. The molecule has 0 saturated heterocycles. The molecule has 0 amide bonds. The van der Waals surface area contributed by atoms with E-state index >= 15 is 0 Å². The first-order valence-corrected chi connectivity index (χ1v) is 21.0. The summed E-state index contributed by atoms with van der Waals surface area (Å²) >= 11 is 0. The molecule has 0 aromatic heterocycles. The Kier molecular flexibility index (Phi) is 40.0. The van der Waals surface area contributed by atoms with Crippen molar-refractivity contribution in [2.45, 2.75) is 258 Å². The molecule has 0 atom stereocenters. The quantitative estimate of drug-likeness (QED) is 0.0505. The SMILES string of the molecule is CCCCCCCCCCCCCCCCCCCCCCCCCCCCC(=O)OCCCCCCCCCCCCC. The monoisotopic (exact) mass is 621 g/mol. The Morgan fingerprint density at radius 3 is 0.750 bits per heavy atom. The van der Waals surface area contributed by atoms with Crippen molar-refractivity contribution in [3.8, 4) is 0 Å². The van der Waals surface area contributed by atoms with Gasteiger partial charge in [0.05, 0.1) is 6.61 Å². The molecule has 0 aliphatic rings. The van der Waals surface area contributed by atoms with Crippen molar-refractivity contribution < 1.29 is 9.53 Å². The fourth-order valence-corrected chi connectivity index (χ4v) is 6.61. The van der Waals surface area contributed by atoms with Crippen LogP contribution in [0.1, 0.15) is 258 Å². The highest BCUT2D eigenvalue weighted by Crippen LogP contribution is 2.16. The van der Waals surface area contributed by atoms with Crippen molar-refractivity contribution in [1.82, 2.24) is 0 Å². The van der Waals surface area contributed by atoms with E-state index in [4.69, 9.17) is 4.74 Å². The fraction of sp³-hybridized carbons (Fsp3) is 0.976. The third kappa shape index (κ3) is 39.5. The fourth-order valence-electron chi connectivity index (χ4n) is 6.61. The highest BCUT2D eigenvalue weighted by Gasteiger charge is 2.03. The number of carbonyl (C=O) groups is 1. The predicted octanol–water partition coefficient (Wildman–Crippen LogP) is 15.4. The summed E-state index contributed by atoms with van der Waals surface area (Å²) in [6, 6.07) is 0. The lowest BCUT2D eigenvalue weighted by atomic mass is 10.0. The normalized spacial score (nSPS) is 11.4. The van der Waals surface area contributed by atoms with Crippen LogP contribution in [0.3, 0.4) is 0 Å². The second kappa shape index (κ2) is 40.5. The van der Waals surface area contributed by atoms with E-state index in [1.54, 1.807) is 0 Å². The molecule has 0 aliphatic carbocycles. The summed E-state index contributed by atoms with van der Waals surface area (Å²) in [6.07, 6.45) is 52.0. The lowest BCUT2D eigenvalue weighted by Gasteiger charge is -2.06. The molecule has 2 nitrogen and oxygen atoms in total. The van der Waals surface area contributed by atoms with Gasteiger partial charge >= 0.3 is 5.97 Å². The van der Waals surface area contributed by atoms with Gasteiger partial charge in [0.25, 0.3) is 0 Å². The average Bonchev–Trinajstić information content (AvgIpc) is 3.03. The van der Waals surface area contributed by atoms with Gasteiger partial charge in [-0.3, -0.25) is 4.79 Å². The van der Waals surface area contributed by atoms with Gasteiger partial charge in [0.2, 0.25) is 0 Å². The molecule has 0 unspecified atom stereocenters. The van der Waals surface area contributed by atoms with Crippen molar-refractivity contribution in [1.29, 1.82) is 0 Å². The van der Waals surface area contributed by atoms with Crippen molar-refractivity contribution in [2.24, 2.45) is 0 Å². The Bertz CT molecular complexity index is 516. The number of carbonyl (C=O) groups excluding carboxylic acids is 1. The number of rotatable bonds is 39. The summed E-state index contributed by atoms with van der Waals surface area (Å²) in [5.74, 6) is 0.0291. The van der Waals surface area contributed by atoms with Crippen LogP contribution in [0.2, 0.25) is 0 Å². The summed E-state index contributed by atoms with van der Waals surface area (Å²) in [5.41, 5.74) is 0. The molecule has 0 fully saturated rings. The van der Waals surface area contributed by atoms with Gasteiger partial charge in [-0.2, -0.15) is 0 Å². The van der Waals surface area contributed by atoms with Crippen molar-refractivity contribution in [3.63, 3.8) is 0 Å².